The standard InChI is InChI=1S/C20H14F3NO3S/c21-15-6-12-5-10(1-2-14-7-13(25)8-16(26)27-14)19(11-3-4-28-9-11)24-20(12)18(23)17(15)22/h1-6,9,13-14,25H,7-8H2/t13-,14-/m1/s1. The molecule has 2 atom stereocenters. The molecule has 3 aromatic rings. The SMILES string of the molecule is O=C1C[C@H](O)C[C@@H](C=Cc2cc3cc(F)c(F)c(F)c3nc2-c2ccsc2)O1. The van der Waals surface area contributed by atoms with Crippen molar-refractivity contribution in [2.75, 3.05) is 0 Å². The highest BCUT2D eigenvalue weighted by molar-refractivity contribution is 7.08. The third-order valence-corrected chi connectivity index (χ3v) is 5.13. The first-order valence-corrected chi connectivity index (χ1v) is 9.43. The molecule has 0 unspecified atom stereocenters. The van der Waals surface area contributed by atoms with Gasteiger partial charge in [-0.3, -0.25) is 4.79 Å². The number of rotatable bonds is 3. The second-order valence-corrected chi connectivity index (χ2v) is 7.26. The van der Waals surface area contributed by atoms with Crippen LogP contribution >= 0.6 is 11.3 Å². The lowest BCUT2D eigenvalue weighted by Crippen LogP contribution is -2.31. The third-order valence-electron chi connectivity index (χ3n) is 4.45. The topological polar surface area (TPSA) is 59.4 Å². The van der Waals surface area contributed by atoms with E-state index in [-0.39, 0.29) is 23.7 Å². The van der Waals surface area contributed by atoms with Gasteiger partial charge in [0.05, 0.1) is 18.2 Å². The van der Waals surface area contributed by atoms with Crippen molar-refractivity contribution in [2.24, 2.45) is 0 Å². The average Bonchev–Trinajstić information content (AvgIpc) is 3.18. The quantitative estimate of drug-likeness (QED) is 0.516. The van der Waals surface area contributed by atoms with Gasteiger partial charge < -0.3 is 9.84 Å². The minimum absolute atomic E-state index is 0.0495. The van der Waals surface area contributed by atoms with E-state index in [0.29, 0.717) is 16.8 Å². The molecule has 4 nitrogen and oxygen atoms in total. The minimum Gasteiger partial charge on any atom is -0.458 e. The number of carbonyl (C=O) groups is 1. The predicted molar refractivity (Wildman–Crippen MR) is 99.1 cm³/mol. The van der Waals surface area contributed by atoms with Crippen molar-refractivity contribution < 1.29 is 27.8 Å². The maximum atomic E-state index is 14.2. The summed E-state index contributed by atoms with van der Waals surface area (Å²) in [5.74, 6) is -4.70. The first kappa shape index (κ1) is 18.6. The van der Waals surface area contributed by atoms with Gasteiger partial charge in [-0.25, -0.2) is 18.2 Å². The molecule has 1 saturated heterocycles. The number of hydrogen-bond acceptors (Lipinski definition) is 5. The second-order valence-electron chi connectivity index (χ2n) is 6.48. The fourth-order valence-electron chi connectivity index (χ4n) is 3.13. The van der Waals surface area contributed by atoms with Crippen LogP contribution < -0.4 is 0 Å². The first-order valence-electron chi connectivity index (χ1n) is 8.49. The van der Waals surface area contributed by atoms with Crippen molar-refractivity contribution in [2.45, 2.75) is 25.0 Å². The number of aliphatic hydroxyl groups excluding tert-OH is 1. The summed E-state index contributed by atoms with van der Waals surface area (Å²) in [5, 5.41) is 13.4. The van der Waals surface area contributed by atoms with E-state index in [1.54, 1.807) is 23.6 Å². The number of thiophene rings is 1. The van der Waals surface area contributed by atoms with Crippen LogP contribution in [0.15, 0.2) is 35.0 Å². The number of halogens is 3. The molecule has 0 saturated carbocycles. The van der Waals surface area contributed by atoms with Gasteiger partial charge in [-0.05, 0) is 29.7 Å². The van der Waals surface area contributed by atoms with Gasteiger partial charge in [-0.15, -0.1) is 0 Å². The molecule has 1 aromatic carbocycles. The number of cyclic esters (lactones) is 1. The lowest BCUT2D eigenvalue weighted by atomic mass is 10.0. The zero-order valence-corrected chi connectivity index (χ0v) is 15.2. The number of aliphatic hydroxyl groups is 1. The molecule has 1 N–H and O–H groups in total. The van der Waals surface area contributed by atoms with Crippen molar-refractivity contribution >= 4 is 34.3 Å². The van der Waals surface area contributed by atoms with Gasteiger partial charge in [0.25, 0.3) is 0 Å². The Bertz CT molecular complexity index is 1080. The number of hydrogen-bond donors (Lipinski definition) is 1. The molecule has 0 spiro atoms. The molecular weight excluding hydrogens is 391 g/mol. The van der Waals surface area contributed by atoms with Gasteiger partial charge in [-0.1, -0.05) is 6.08 Å². The van der Waals surface area contributed by atoms with Crippen LogP contribution in [0.5, 0.6) is 0 Å². The van der Waals surface area contributed by atoms with Gasteiger partial charge in [-0.2, -0.15) is 11.3 Å². The van der Waals surface area contributed by atoms with Crippen LogP contribution in [0.25, 0.3) is 28.2 Å². The number of pyridine rings is 1. The summed E-state index contributed by atoms with van der Waals surface area (Å²) in [6, 6.07) is 4.16. The molecule has 0 bridgehead atoms. The Balaban J connectivity index is 1.82. The fraction of sp³-hybridized carbons (Fsp3) is 0.200. The van der Waals surface area contributed by atoms with E-state index in [0.717, 1.165) is 6.07 Å². The van der Waals surface area contributed by atoms with E-state index >= 15 is 0 Å². The molecule has 1 aliphatic heterocycles. The Labute approximate surface area is 161 Å². The maximum absolute atomic E-state index is 14.2. The summed E-state index contributed by atoms with van der Waals surface area (Å²) in [6.07, 6.45) is 2.01. The predicted octanol–water partition coefficient (Wildman–Crippen LogP) is 4.46. The first-order chi connectivity index (χ1) is 13.4. The number of carbonyl (C=O) groups excluding carboxylic acids is 1. The zero-order valence-electron chi connectivity index (χ0n) is 14.4. The summed E-state index contributed by atoms with van der Waals surface area (Å²) in [6.45, 7) is 0. The Kier molecular flexibility index (Phi) is 4.91. The monoisotopic (exact) mass is 405 g/mol. The van der Waals surface area contributed by atoms with Crippen molar-refractivity contribution in [1.29, 1.82) is 0 Å². The van der Waals surface area contributed by atoms with Crippen LogP contribution in [0.4, 0.5) is 13.2 Å². The number of nitrogens with zero attached hydrogens (tertiary/aromatic N) is 1. The number of ether oxygens (including phenoxy) is 1. The number of esters is 1. The highest BCUT2D eigenvalue weighted by Gasteiger charge is 2.25. The smallest absolute Gasteiger partial charge is 0.309 e. The van der Waals surface area contributed by atoms with Crippen LogP contribution in [0.2, 0.25) is 0 Å². The van der Waals surface area contributed by atoms with Crippen LogP contribution in [0.1, 0.15) is 18.4 Å². The number of aromatic nitrogens is 1. The lowest BCUT2D eigenvalue weighted by molar-refractivity contribution is -0.156. The normalized spacial score (nSPS) is 20.1. The molecule has 144 valence electrons. The third kappa shape index (κ3) is 3.53. The maximum Gasteiger partial charge on any atom is 0.309 e. The van der Waals surface area contributed by atoms with Crippen molar-refractivity contribution in [3.05, 3.63) is 58.1 Å². The van der Waals surface area contributed by atoms with E-state index in [2.05, 4.69) is 4.98 Å². The van der Waals surface area contributed by atoms with Gasteiger partial charge in [0.1, 0.15) is 11.6 Å². The van der Waals surface area contributed by atoms with Gasteiger partial charge >= 0.3 is 5.97 Å². The van der Waals surface area contributed by atoms with Gasteiger partial charge in [0.2, 0.25) is 0 Å². The highest BCUT2D eigenvalue weighted by atomic mass is 32.1. The van der Waals surface area contributed by atoms with E-state index < -0.39 is 35.6 Å². The van der Waals surface area contributed by atoms with Crippen LogP contribution in [-0.4, -0.2) is 28.3 Å². The van der Waals surface area contributed by atoms with Gasteiger partial charge in [0, 0.05) is 28.3 Å². The average molecular weight is 405 g/mol. The summed E-state index contributed by atoms with van der Waals surface area (Å²) in [5.41, 5.74) is 1.33. The second kappa shape index (κ2) is 7.37. The molecule has 0 aliphatic carbocycles. The van der Waals surface area contributed by atoms with Crippen LogP contribution in [0, 0.1) is 17.5 Å². The molecule has 3 heterocycles. The molecule has 8 heteroatoms. The summed E-state index contributed by atoms with van der Waals surface area (Å²) in [7, 11) is 0. The van der Waals surface area contributed by atoms with Crippen LogP contribution in [-0.2, 0) is 9.53 Å². The Morgan fingerprint density at radius 2 is 2.07 bits per heavy atom. The highest BCUT2D eigenvalue weighted by Crippen LogP contribution is 2.31. The molecule has 0 amide bonds. The Morgan fingerprint density at radius 3 is 2.79 bits per heavy atom. The van der Waals surface area contributed by atoms with Crippen molar-refractivity contribution in [1.82, 2.24) is 4.98 Å². The molecular formula is C20H14F3NO3S. The van der Waals surface area contributed by atoms with E-state index in [4.69, 9.17) is 4.74 Å². The molecule has 1 aliphatic rings. The molecule has 1 fully saturated rings. The van der Waals surface area contributed by atoms with Gasteiger partial charge in [0.15, 0.2) is 17.5 Å². The Morgan fingerprint density at radius 1 is 1.25 bits per heavy atom. The lowest BCUT2D eigenvalue weighted by Gasteiger charge is -2.23. The largest absolute Gasteiger partial charge is 0.458 e. The Hall–Kier alpha value is -2.71. The van der Waals surface area contributed by atoms with Crippen LogP contribution in [0.3, 0.4) is 0 Å². The van der Waals surface area contributed by atoms with E-state index in [1.165, 1.54) is 17.4 Å². The van der Waals surface area contributed by atoms with Crippen molar-refractivity contribution in [3.8, 4) is 11.3 Å². The fourth-order valence-corrected chi connectivity index (χ4v) is 3.78. The van der Waals surface area contributed by atoms with E-state index in [9.17, 15) is 23.1 Å². The number of fused-ring (bicyclic) bond motifs is 1. The minimum atomic E-state index is -1.57. The zero-order chi connectivity index (χ0) is 19.8. The molecule has 2 aromatic heterocycles. The number of benzene rings is 1. The van der Waals surface area contributed by atoms with E-state index in [1.807, 2.05) is 5.38 Å². The summed E-state index contributed by atoms with van der Waals surface area (Å²) in [4.78, 5) is 15.7. The molecule has 0 radical (unpaired) electrons. The summed E-state index contributed by atoms with van der Waals surface area (Å²) >= 11 is 1.41. The summed E-state index contributed by atoms with van der Waals surface area (Å²) < 4.78 is 46.6. The van der Waals surface area contributed by atoms with Crippen molar-refractivity contribution in [3.63, 3.8) is 0 Å². The molecule has 4 rings (SSSR count). The molecule has 28 heavy (non-hydrogen) atoms.